The predicted molar refractivity (Wildman–Crippen MR) is 98.3 cm³/mol. The zero-order valence-electron chi connectivity index (χ0n) is 14.1. The lowest BCUT2D eigenvalue weighted by molar-refractivity contribution is 0.275. The molecule has 3 rings (SSSR count). The molecule has 1 saturated heterocycles. The molecule has 1 N–H and O–H groups in total. The Kier molecular flexibility index (Phi) is 5.15. The van der Waals surface area contributed by atoms with Gasteiger partial charge in [-0.25, -0.2) is 25.9 Å². The number of nitrogens with zero attached hydrogens (tertiary/aromatic N) is 1. The molecule has 2 aromatic rings. The van der Waals surface area contributed by atoms with E-state index < -0.39 is 20.0 Å². The molecule has 0 saturated carbocycles. The van der Waals surface area contributed by atoms with Crippen molar-refractivity contribution in [3.8, 4) is 0 Å². The van der Waals surface area contributed by atoms with Gasteiger partial charge in [0.05, 0.1) is 11.2 Å². The summed E-state index contributed by atoms with van der Waals surface area (Å²) in [5.74, 6) is 0.141. The van der Waals surface area contributed by atoms with Crippen molar-refractivity contribution in [1.29, 1.82) is 0 Å². The van der Waals surface area contributed by atoms with Crippen molar-refractivity contribution in [2.24, 2.45) is 5.92 Å². The summed E-state index contributed by atoms with van der Waals surface area (Å²) in [6.45, 7) is 1.21. The maximum Gasteiger partial charge on any atom is 0.241 e. The summed E-state index contributed by atoms with van der Waals surface area (Å²) in [7, 11) is -6.78. The monoisotopic (exact) mass is 382 g/mol. The summed E-state index contributed by atoms with van der Waals surface area (Å²) in [5, 5.41) is 1.58. The largest absolute Gasteiger partial charge is 0.241 e. The Bertz CT molecular complexity index is 958. The van der Waals surface area contributed by atoms with Crippen molar-refractivity contribution in [2.75, 3.05) is 25.9 Å². The second kappa shape index (κ2) is 7.03. The molecule has 0 aliphatic carbocycles. The highest BCUT2D eigenvalue weighted by Gasteiger charge is 2.26. The molecule has 2 aromatic carbocycles. The molecule has 6 nitrogen and oxygen atoms in total. The average molecular weight is 383 g/mol. The van der Waals surface area contributed by atoms with Gasteiger partial charge >= 0.3 is 0 Å². The minimum absolute atomic E-state index is 0.141. The lowest BCUT2D eigenvalue weighted by Gasteiger charge is -2.30. The third-order valence-corrected chi connectivity index (χ3v) is 7.43. The van der Waals surface area contributed by atoms with Gasteiger partial charge in [-0.3, -0.25) is 0 Å². The van der Waals surface area contributed by atoms with Crippen molar-refractivity contribution < 1.29 is 16.8 Å². The highest BCUT2D eigenvalue weighted by atomic mass is 32.2. The van der Waals surface area contributed by atoms with Crippen LogP contribution in [0.25, 0.3) is 10.8 Å². The topological polar surface area (TPSA) is 83.6 Å². The van der Waals surface area contributed by atoms with E-state index in [4.69, 9.17) is 0 Å². The van der Waals surface area contributed by atoms with Crippen LogP contribution in [-0.2, 0) is 20.0 Å². The minimum atomic E-state index is -3.61. The van der Waals surface area contributed by atoms with Crippen LogP contribution >= 0.6 is 0 Å². The van der Waals surface area contributed by atoms with E-state index >= 15 is 0 Å². The average Bonchev–Trinajstić information content (AvgIpc) is 2.59. The van der Waals surface area contributed by atoms with Crippen molar-refractivity contribution in [2.45, 2.75) is 17.7 Å². The molecule has 0 spiro atoms. The van der Waals surface area contributed by atoms with Gasteiger partial charge in [-0.2, -0.15) is 0 Å². The zero-order valence-corrected chi connectivity index (χ0v) is 15.7. The van der Waals surface area contributed by atoms with Crippen LogP contribution in [0.3, 0.4) is 0 Å². The molecule has 25 heavy (non-hydrogen) atoms. The highest BCUT2D eigenvalue weighted by Crippen LogP contribution is 2.24. The number of sulfonamides is 2. The van der Waals surface area contributed by atoms with Crippen LogP contribution in [0.2, 0.25) is 0 Å². The Balaban J connectivity index is 1.69. The summed E-state index contributed by atoms with van der Waals surface area (Å²) in [4.78, 5) is 0.277. The standard InChI is InChI=1S/C17H22N2O4S2/c1-24(20,21)19-11-9-14(10-12-19)13-18-25(22,23)17-8-4-6-15-5-2-3-7-16(15)17/h2-8,14,18H,9-13H2,1H3. The van der Waals surface area contributed by atoms with Gasteiger partial charge in [0.25, 0.3) is 0 Å². The maximum absolute atomic E-state index is 12.7. The number of hydrogen-bond donors (Lipinski definition) is 1. The van der Waals surface area contributed by atoms with Gasteiger partial charge in [-0.05, 0) is 30.2 Å². The second-order valence-electron chi connectivity index (χ2n) is 6.43. The van der Waals surface area contributed by atoms with Crippen LogP contribution in [0.1, 0.15) is 12.8 Å². The van der Waals surface area contributed by atoms with Crippen LogP contribution in [-0.4, -0.2) is 47.0 Å². The molecular weight excluding hydrogens is 360 g/mol. The number of benzene rings is 2. The molecule has 0 bridgehead atoms. The third kappa shape index (κ3) is 4.20. The van der Waals surface area contributed by atoms with E-state index in [0.717, 1.165) is 5.39 Å². The fourth-order valence-corrected chi connectivity index (χ4v) is 5.40. The summed E-state index contributed by atoms with van der Waals surface area (Å²) < 4.78 is 52.6. The minimum Gasteiger partial charge on any atom is -0.213 e. The number of piperidine rings is 1. The molecule has 136 valence electrons. The van der Waals surface area contributed by atoms with E-state index in [2.05, 4.69) is 4.72 Å². The SMILES string of the molecule is CS(=O)(=O)N1CCC(CNS(=O)(=O)c2cccc3ccccc23)CC1. The summed E-state index contributed by atoms with van der Waals surface area (Å²) in [5.41, 5.74) is 0. The smallest absolute Gasteiger partial charge is 0.213 e. The third-order valence-electron chi connectivity index (χ3n) is 4.64. The van der Waals surface area contributed by atoms with Gasteiger partial charge in [0.1, 0.15) is 0 Å². The molecule has 1 heterocycles. The molecule has 1 aliphatic heterocycles. The molecule has 1 fully saturated rings. The van der Waals surface area contributed by atoms with Crippen LogP contribution in [0.15, 0.2) is 47.4 Å². The Morgan fingerprint density at radius 2 is 1.64 bits per heavy atom. The molecule has 0 amide bonds. The van der Waals surface area contributed by atoms with E-state index in [1.807, 2.05) is 24.3 Å². The zero-order chi connectivity index (χ0) is 18.1. The van der Waals surface area contributed by atoms with Crippen molar-refractivity contribution in [1.82, 2.24) is 9.03 Å². The Labute approximate surface area is 148 Å². The van der Waals surface area contributed by atoms with Gasteiger partial charge in [-0.1, -0.05) is 36.4 Å². The fourth-order valence-electron chi connectivity index (χ4n) is 3.18. The first-order valence-electron chi connectivity index (χ1n) is 8.20. The molecule has 0 radical (unpaired) electrons. The van der Waals surface area contributed by atoms with Crippen LogP contribution in [0.5, 0.6) is 0 Å². The van der Waals surface area contributed by atoms with E-state index in [-0.39, 0.29) is 10.8 Å². The van der Waals surface area contributed by atoms with Crippen molar-refractivity contribution in [3.63, 3.8) is 0 Å². The Morgan fingerprint density at radius 3 is 2.32 bits per heavy atom. The molecule has 8 heteroatoms. The number of rotatable bonds is 5. The molecule has 0 atom stereocenters. The van der Waals surface area contributed by atoms with Crippen molar-refractivity contribution in [3.05, 3.63) is 42.5 Å². The molecule has 1 aliphatic rings. The van der Waals surface area contributed by atoms with Crippen molar-refractivity contribution >= 4 is 30.8 Å². The second-order valence-corrected chi connectivity index (χ2v) is 10.2. The number of fused-ring (bicyclic) bond motifs is 1. The predicted octanol–water partition coefficient (Wildman–Crippen LogP) is 1.79. The lowest BCUT2D eigenvalue weighted by atomic mass is 9.99. The number of nitrogens with one attached hydrogen (secondary N) is 1. The Morgan fingerprint density at radius 1 is 1.00 bits per heavy atom. The summed E-state index contributed by atoms with van der Waals surface area (Å²) >= 11 is 0. The quantitative estimate of drug-likeness (QED) is 0.855. The Hall–Kier alpha value is -1.48. The lowest BCUT2D eigenvalue weighted by Crippen LogP contribution is -2.41. The summed E-state index contributed by atoms with van der Waals surface area (Å²) in [6.07, 6.45) is 2.52. The first kappa shape index (κ1) is 18.3. The van der Waals surface area contributed by atoms with Gasteiger partial charge in [0.2, 0.25) is 20.0 Å². The van der Waals surface area contributed by atoms with E-state index in [1.54, 1.807) is 18.2 Å². The molecular formula is C17H22N2O4S2. The van der Waals surface area contributed by atoms with E-state index in [9.17, 15) is 16.8 Å². The normalized spacial score (nSPS) is 17.8. The van der Waals surface area contributed by atoms with Crippen LogP contribution in [0, 0.1) is 5.92 Å². The van der Waals surface area contributed by atoms with E-state index in [0.29, 0.717) is 37.9 Å². The molecule has 0 aromatic heterocycles. The number of hydrogen-bond acceptors (Lipinski definition) is 4. The molecule has 0 unspecified atom stereocenters. The van der Waals surface area contributed by atoms with E-state index in [1.165, 1.54) is 10.6 Å². The van der Waals surface area contributed by atoms with Gasteiger partial charge in [0.15, 0.2) is 0 Å². The fraction of sp³-hybridized carbons (Fsp3) is 0.412. The highest BCUT2D eigenvalue weighted by molar-refractivity contribution is 7.89. The first-order valence-corrected chi connectivity index (χ1v) is 11.5. The van der Waals surface area contributed by atoms with Gasteiger partial charge in [0, 0.05) is 25.0 Å². The van der Waals surface area contributed by atoms with Crippen LogP contribution in [0.4, 0.5) is 0 Å². The summed E-state index contributed by atoms with van der Waals surface area (Å²) in [6, 6.07) is 12.6. The van der Waals surface area contributed by atoms with Gasteiger partial charge in [-0.15, -0.1) is 0 Å². The van der Waals surface area contributed by atoms with Crippen LogP contribution < -0.4 is 4.72 Å². The first-order chi connectivity index (χ1) is 11.8. The van der Waals surface area contributed by atoms with Gasteiger partial charge < -0.3 is 0 Å². The maximum atomic E-state index is 12.7.